The summed E-state index contributed by atoms with van der Waals surface area (Å²) in [6, 6.07) is 19.9. The van der Waals surface area contributed by atoms with Gasteiger partial charge in [0.05, 0.1) is 17.4 Å². The van der Waals surface area contributed by atoms with Gasteiger partial charge in [-0.3, -0.25) is 0 Å². The van der Waals surface area contributed by atoms with Gasteiger partial charge in [-0.05, 0) is 65.9 Å². The Morgan fingerprint density at radius 2 is 1.77 bits per heavy atom. The monoisotopic (exact) mass is 342 g/mol. The quantitative estimate of drug-likeness (QED) is 0.424. The molecule has 0 spiro atoms. The SMILES string of the molecule is C=CCc1ccc(-c2ccc3c(cnn3-c3ccc(F)c(C)c3)c2)cc1. The number of fused-ring (bicyclic) bond motifs is 1. The molecule has 0 saturated heterocycles. The van der Waals surface area contributed by atoms with Crippen molar-refractivity contribution < 1.29 is 4.39 Å². The van der Waals surface area contributed by atoms with Gasteiger partial charge in [-0.1, -0.05) is 36.4 Å². The zero-order valence-electron chi connectivity index (χ0n) is 14.6. The van der Waals surface area contributed by atoms with Gasteiger partial charge in [0.1, 0.15) is 5.82 Å². The van der Waals surface area contributed by atoms with Gasteiger partial charge >= 0.3 is 0 Å². The van der Waals surface area contributed by atoms with Crippen LogP contribution in [0.3, 0.4) is 0 Å². The minimum absolute atomic E-state index is 0.201. The highest BCUT2D eigenvalue weighted by Gasteiger charge is 2.08. The number of halogens is 1. The molecular formula is C23H19FN2. The highest BCUT2D eigenvalue weighted by Crippen LogP contribution is 2.26. The summed E-state index contributed by atoms with van der Waals surface area (Å²) in [7, 11) is 0. The molecule has 4 rings (SSSR count). The third kappa shape index (κ3) is 2.92. The molecule has 0 amide bonds. The van der Waals surface area contributed by atoms with E-state index in [9.17, 15) is 4.39 Å². The minimum atomic E-state index is -0.201. The van der Waals surface area contributed by atoms with Crippen molar-refractivity contribution in [2.45, 2.75) is 13.3 Å². The average molecular weight is 342 g/mol. The summed E-state index contributed by atoms with van der Waals surface area (Å²) in [4.78, 5) is 0. The fraction of sp³-hybridized carbons (Fsp3) is 0.0870. The first kappa shape index (κ1) is 16.3. The normalized spacial score (nSPS) is 11.0. The fourth-order valence-electron chi connectivity index (χ4n) is 3.18. The van der Waals surface area contributed by atoms with Crippen molar-refractivity contribution in [2.24, 2.45) is 0 Å². The highest BCUT2D eigenvalue weighted by molar-refractivity contribution is 5.85. The number of aromatic nitrogens is 2. The van der Waals surface area contributed by atoms with Gasteiger partial charge in [0.25, 0.3) is 0 Å². The second-order valence-corrected chi connectivity index (χ2v) is 6.45. The first-order valence-corrected chi connectivity index (χ1v) is 8.60. The predicted octanol–water partition coefficient (Wildman–Crippen LogP) is 5.87. The third-order valence-corrected chi connectivity index (χ3v) is 4.62. The molecule has 0 fully saturated rings. The first-order valence-electron chi connectivity index (χ1n) is 8.60. The lowest BCUT2D eigenvalue weighted by Crippen LogP contribution is -1.97. The molecule has 0 aliphatic heterocycles. The maximum Gasteiger partial charge on any atom is 0.126 e. The Morgan fingerprint density at radius 3 is 2.50 bits per heavy atom. The molecule has 0 aliphatic rings. The van der Waals surface area contributed by atoms with Crippen LogP contribution >= 0.6 is 0 Å². The van der Waals surface area contributed by atoms with Crippen molar-refractivity contribution in [2.75, 3.05) is 0 Å². The Hall–Kier alpha value is -3.20. The fourth-order valence-corrected chi connectivity index (χ4v) is 3.18. The van der Waals surface area contributed by atoms with Gasteiger partial charge in [0.2, 0.25) is 0 Å². The van der Waals surface area contributed by atoms with E-state index in [2.05, 4.69) is 54.1 Å². The molecule has 1 aromatic heterocycles. The van der Waals surface area contributed by atoms with Crippen LogP contribution in [0.15, 0.2) is 79.5 Å². The Labute approximate surface area is 152 Å². The Morgan fingerprint density at radius 1 is 1.00 bits per heavy atom. The van der Waals surface area contributed by atoms with Crippen LogP contribution in [0.1, 0.15) is 11.1 Å². The van der Waals surface area contributed by atoms with Crippen LogP contribution in [0.4, 0.5) is 4.39 Å². The van der Waals surface area contributed by atoms with E-state index < -0.39 is 0 Å². The van der Waals surface area contributed by atoms with Crippen LogP contribution in [0, 0.1) is 12.7 Å². The predicted molar refractivity (Wildman–Crippen MR) is 105 cm³/mol. The number of allylic oxidation sites excluding steroid dienone is 1. The van der Waals surface area contributed by atoms with E-state index in [1.54, 1.807) is 13.0 Å². The lowest BCUT2D eigenvalue weighted by Gasteiger charge is -2.07. The van der Waals surface area contributed by atoms with E-state index in [0.717, 1.165) is 28.6 Å². The van der Waals surface area contributed by atoms with E-state index >= 15 is 0 Å². The summed E-state index contributed by atoms with van der Waals surface area (Å²) in [5.41, 5.74) is 6.05. The van der Waals surface area contributed by atoms with Crippen LogP contribution in [-0.2, 0) is 6.42 Å². The number of aryl methyl sites for hydroxylation is 1. The van der Waals surface area contributed by atoms with E-state index in [-0.39, 0.29) is 5.82 Å². The summed E-state index contributed by atoms with van der Waals surface area (Å²) in [5.74, 6) is -0.201. The average Bonchev–Trinajstić information content (AvgIpc) is 3.08. The minimum Gasteiger partial charge on any atom is -0.233 e. The summed E-state index contributed by atoms with van der Waals surface area (Å²) >= 11 is 0. The first-order chi connectivity index (χ1) is 12.7. The molecule has 0 aliphatic carbocycles. The van der Waals surface area contributed by atoms with Gasteiger partial charge in [0, 0.05) is 5.39 Å². The molecule has 1 heterocycles. The largest absolute Gasteiger partial charge is 0.233 e. The number of benzene rings is 3. The van der Waals surface area contributed by atoms with Crippen LogP contribution < -0.4 is 0 Å². The molecule has 0 radical (unpaired) electrons. The van der Waals surface area contributed by atoms with Crippen molar-refractivity contribution in [3.63, 3.8) is 0 Å². The van der Waals surface area contributed by atoms with Crippen LogP contribution in [0.25, 0.3) is 27.7 Å². The van der Waals surface area contributed by atoms with Crippen molar-refractivity contribution in [1.82, 2.24) is 9.78 Å². The zero-order valence-corrected chi connectivity index (χ0v) is 14.6. The number of hydrogen-bond donors (Lipinski definition) is 0. The van der Waals surface area contributed by atoms with Gasteiger partial charge in [0.15, 0.2) is 0 Å². The van der Waals surface area contributed by atoms with Crippen molar-refractivity contribution in [3.8, 4) is 16.8 Å². The van der Waals surface area contributed by atoms with E-state index in [0.29, 0.717) is 5.56 Å². The van der Waals surface area contributed by atoms with Crippen LogP contribution in [0.5, 0.6) is 0 Å². The molecule has 3 heteroatoms. The second kappa shape index (κ2) is 6.60. The molecule has 26 heavy (non-hydrogen) atoms. The zero-order chi connectivity index (χ0) is 18.1. The van der Waals surface area contributed by atoms with Crippen molar-refractivity contribution in [1.29, 1.82) is 0 Å². The summed E-state index contributed by atoms with van der Waals surface area (Å²) in [6.07, 6.45) is 4.64. The van der Waals surface area contributed by atoms with Crippen LogP contribution in [0.2, 0.25) is 0 Å². The lowest BCUT2D eigenvalue weighted by molar-refractivity contribution is 0.617. The van der Waals surface area contributed by atoms with Crippen molar-refractivity contribution >= 4 is 10.9 Å². The number of rotatable bonds is 4. The molecule has 3 aromatic carbocycles. The van der Waals surface area contributed by atoms with Gasteiger partial charge < -0.3 is 0 Å². The van der Waals surface area contributed by atoms with Crippen LogP contribution in [-0.4, -0.2) is 9.78 Å². The van der Waals surface area contributed by atoms with Crippen molar-refractivity contribution in [3.05, 3.63) is 96.5 Å². The maximum absolute atomic E-state index is 13.5. The number of nitrogens with zero attached hydrogens (tertiary/aromatic N) is 2. The van der Waals surface area contributed by atoms with Gasteiger partial charge in [-0.25, -0.2) is 9.07 Å². The molecule has 128 valence electrons. The molecule has 2 nitrogen and oxygen atoms in total. The summed E-state index contributed by atoms with van der Waals surface area (Å²) < 4.78 is 15.4. The smallest absolute Gasteiger partial charge is 0.126 e. The molecule has 0 saturated carbocycles. The van der Waals surface area contributed by atoms with E-state index in [1.165, 1.54) is 17.2 Å². The second-order valence-electron chi connectivity index (χ2n) is 6.45. The standard InChI is InChI=1S/C23H19FN2/c1-3-4-17-5-7-18(8-6-17)19-9-12-23-20(14-19)15-25-26(23)21-10-11-22(24)16(2)13-21/h3,5-15H,1,4H2,2H3. The molecule has 0 unspecified atom stereocenters. The Bertz CT molecular complexity index is 1090. The molecule has 0 atom stereocenters. The van der Waals surface area contributed by atoms with E-state index in [4.69, 9.17) is 0 Å². The third-order valence-electron chi connectivity index (χ3n) is 4.62. The van der Waals surface area contributed by atoms with Gasteiger partial charge in [-0.15, -0.1) is 6.58 Å². The maximum atomic E-state index is 13.5. The number of hydrogen-bond acceptors (Lipinski definition) is 1. The molecule has 0 bridgehead atoms. The Kier molecular flexibility index (Phi) is 4.13. The summed E-state index contributed by atoms with van der Waals surface area (Å²) in [5, 5.41) is 5.55. The van der Waals surface area contributed by atoms with Gasteiger partial charge in [-0.2, -0.15) is 5.10 Å². The van der Waals surface area contributed by atoms with E-state index in [1.807, 2.05) is 23.0 Å². The molecular weight excluding hydrogens is 323 g/mol. The summed E-state index contributed by atoms with van der Waals surface area (Å²) in [6.45, 7) is 5.54. The molecule has 0 N–H and O–H groups in total. The topological polar surface area (TPSA) is 17.8 Å². The lowest BCUT2D eigenvalue weighted by atomic mass is 10.0. The Balaban J connectivity index is 1.73. The molecule has 4 aromatic rings. The highest BCUT2D eigenvalue weighted by atomic mass is 19.1.